The van der Waals surface area contributed by atoms with E-state index in [0.717, 1.165) is 0 Å². The predicted molar refractivity (Wildman–Crippen MR) is 45.4 cm³/mol. The van der Waals surface area contributed by atoms with Gasteiger partial charge < -0.3 is 5.32 Å². The van der Waals surface area contributed by atoms with E-state index in [4.69, 9.17) is 0 Å². The van der Waals surface area contributed by atoms with E-state index in [9.17, 15) is 8.78 Å². The molecule has 0 bridgehead atoms. The zero-order valence-electron chi connectivity index (χ0n) is 7.74. The van der Waals surface area contributed by atoms with E-state index < -0.39 is 5.92 Å². The maximum Gasteiger partial charge on any atom is 0.248 e. The Kier molecular flexibility index (Phi) is 3.04. The molecule has 0 saturated heterocycles. The van der Waals surface area contributed by atoms with Crippen LogP contribution in [0.1, 0.15) is 32.6 Å². The molecule has 0 amide bonds. The maximum atomic E-state index is 12.7. The van der Waals surface area contributed by atoms with Crippen molar-refractivity contribution in [3.05, 3.63) is 0 Å². The smallest absolute Gasteiger partial charge is 0.248 e. The molecule has 1 atom stereocenters. The van der Waals surface area contributed by atoms with Crippen LogP contribution in [0, 0.1) is 5.92 Å². The fourth-order valence-corrected chi connectivity index (χ4v) is 1.80. The summed E-state index contributed by atoms with van der Waals surface area (Å²) in [6, 6.07) is 0.376. The van der Waals surface area contributed by atoms with Crippen LogP contribution in [0.25, 0.3) is 0 Å². The molecule has 1 aliphatic rings. The van der Waals surface area contributed by atoms with Gasteiger partial charge in [0.05, 0.1) is 0 Å². The Labute approximate surface area is 72.5 Å². The Morgan fingerprint density at radius 3 is 2.25 bits per heavy atom. The summed E-state index contributed by atoms with van der Waals surface area (Å²) in [5.74, 6) is -1.95. The lowest BCUT2D eigenvalue weighted by Gasteiger charge is -2.31. The van der Waals surface area contributed by atoms with Crippen molar-refractivity contribution in [1.29, 1.82) is 0 Å². The average Bonchev–Trinajstić information content (AvgIpc) is 2.03. The molecule has 1 nitrogen and oxygen atoms in total. The van der Waals surface area contributed by atoms with Crippen LogP contribution < -0.4 is 5.32 Å². The summed E-state index contributed by atoms with van der Waals surface area (Å²) in [4.78, 5) is 0. The van der Waals surface area contributed by atoms with Crippen molar-refractivity contribution in [3.63, 3.8) is 0 Å². The van der Waals surface area contributed by atoms with Gasteiger partial charge in [-0.2, -0.15) is 0 Å². The molecule has 0 radical (unpaired) electrons. The van der Waals surface area contributed by atoms with Gasteiger partial charge in [0, 0.05) is 18.9 Å². The quantitative estimate of drug-likeness (QED) is 0.683. The van der Waals surface area contributed by atoms with Crippen LogP contribution >= 0.6 is 0 Å². The third-order valence-electron chi connectivity index (χ3n) is 2.92. The van der Waals surface area contributed by atoms with Crippen molar-refractivity contribution in [2.24, 2.45) is 5.92 Å². The fourth-order valence-electron chi connectivity index (χ4n) is 1.80. The molecule has 0 aromatic heterocycles. The SMILES string of the molecule is CNC(C)C1CCC(F)(F)CC1. The fraction of sp³-hybridized carbons (Fsp3) is 1.00. The van der Waals surface area contributed by atoms with E-state index in [-0.39, 0.29) is 12.8 Å². The molecule has 0 aromatic carbocycles. The summed E-state index contributed by atoms with van der Waals surface area (Å²) in [6.45, 7) is 2.06. The number of nitrogens with one attached hydrogen (secondary N) is 1. The van der Waals surface area contributed by atoms with Crippen molar-refractivity contribution in [2.45, 2.75) is 44.6 Å². The first-order valence-electron chi connectivity index (χ1n) is 4.60. The molecule has 0 spiro atoms. The second-order valence-electron chi connectivity index (χ2n) is 3.77. The van der Waals surface area contributed by atoms with Crippen molar-refractivity contribution in [3.8, 4) is 0 Å². The second kappa shape index (κ2) is 3.69. The number of halogens is 2. The first kappa shape index (κ1) is 9.90. The molecule has 0 aromatic rings. The van der Waals surface area contributed by atoms with Crippen LogP contribution in [0.15, 0.2) is 0 Å². The van der Waals surface area contributed by atoms with E-state index in [2.05, 4.69) is 12.2 Å². The highest BCUT2D eigenvalue weighted by molar-refractivity contribution is 4.82. The summed E-state index contributed by atoms with van der Waals surface area (Å²) in [6.07, 6.45) is 1.47. The van der Waals surface area contributed by atoms with Crippen molar-refractivity contribution in [1.82, 2.24) is 5.32 Å². The third-order valence-corrected chi connectivity index (χ3v) is 2.92. The summed E-state index contributed by atoms with van der Waals surface area (Å²) in [5, 5.41) is 3.12. The molecule has 0 heterocycles. The first-order valence-corrected chi connectivity index (χ1v) is 4.60. The van der Waals surface area contributed by atoms with E-state index in [1.165, 1.54) is 0 Å². The Bertz CT molecular complexity index is 137. The minimum atomic E-state index is -2.38. The molecule has 72 valence electrons. The molecule has 1 unspecified atom stereocenters. The number of hydrogen-bond acceptors (Lipinski definition) is 1. The van der Waals surface area contributed by atoms with Gasteiger partial charge in [-0.15, -0.1) is 0 Å². The summed E-state index contributed by atoms with van der Waals surface area (Å²) >= 11 is 0. The average molecular weight is 177 g/mol. The summed E-state index contributed by atoms with van der Waals surface area (Å²) in [7, 11) is 1.89. The second-order valence-corrected chi connectivity index (χ2v) is 3.77. The molecular weight excluding hydrogens is 160 g/mol. The molecule has 0 aliphatic heterocycles. The Morgan fingerprint density at radius 2 is 1.83 bits per heavy atom. The standard InChI is InChI=1S/C9H17F2N/c1-7(12-2)8-3-5-9(10,11)6-4-8/h7-8,12H,3-6H2,1-2H3. The highest BCUT2D eigenvalue weighted by atomic mass is 19.3. The third kappa shape index (κ3) is 2.41. The highest BCUT2D eigenvalue weighted by Gasteiger charge is 2.36. The topological polar surface area (TPSA) is 12.0 Å². The van der Waals surface area contributed by atoms with Crippen molar-refractivity contribution < 1.29 is 8.78 Å². The lowest BCUT2D eigenvalue weighted by atomic mass is 9.83. The van der Waals surface area contributed by atoms with Gasteiger partial charge in [-0.1, -0.05) is 0 Å². The van der Waals surface area contributed by atoms with Gasteiger partial charge in [-0.25, -0.2) is 8.78 Å². The molecular formula is C9H17F2N. The summed E-state index contributed by atoms with van der Waals surface area (Å²) < 4.78 is 25.4. The molecule has 1 saturated carbocycles. The zero-order chi connectivity index (χ0) is 9.19. The molecule has 3 heteroatoms. The van der Waals surface area contributed by atoms with Gasteiger partial charge in [-0.3, -0.25) is 0 Å². The van der Waals surface area contributed by atoms with Crippen LogP contribution in [0.5, 0.6) is 0 Å². The van der Waals surface area contributed by atoms with Crippen LogP contribution in [-0.2, 0) is 0 Å². The number of hydrogen-bond donors (Lipinski definition) is 1. The maximum absolute atomic E-state index is 12.7. The monoisotopic (exact) mass is 177 g/mol. The largest absolute Gasteiger partial charge is 0.317 e. The highest BCUT2D eigenvalue weighted by Crippen LogP contribution is 2.37. The van der Waals surface area contributed by atoms with Gasteiger partial charge >= 0.3 is 0 Å². The first-order chi connectivity index (χ1) is 5.55. The van der Waals surface area contributed by atoms with Crippen molar-refractivity contribution >= 4 is 0 Å². The zero-order valence-corrected chi connectivity index (χ0v) is 7.74. The Hall–Kier alpha value is -0.180. The molecule has 1 fully saturated rings. The van der Waals surface area contributed by atoms with Crippen LogP contribution in [0.4, 0.5) is 8.78 Å². The van der Waals surface area contributed by atoms with E-state index in [1.807, 2.05) is 7.05 Å². The van der Waals surface area contributed by atoms with Gasteiger partial charge in [0.1, 0.15) is 0 Å². The van der Waals surface area contributed by atoms with Crippen LogP contribution in [0.2, 0.25) is 0 Å². The summed E-state index contributed by atoms with van der Waals surface area (Å²) in [5.41, 5.74) is 0. The minimum Gasteiger partial charge on any atom is -0.317 e. The Balaban J connectivity index is 2.36. The molecule has 1 N–H and O–H groups in total. The van der Waals surface area contributed by atoms with E-state index >= 15 is 0 Å². The van der Waals surface area contributed by atoms with Gasteiger partial charge in [0.2, 0.25) is 5.92 Å². The van der Waals surface area contributed by atoms with Gasteiger partial charge in [0.25, 0.3) is 0 Å². The van der Waals surface area contributed by atoms with Gasteiger partial charge in [-0.05, 0) is 32.7 Å². The number of alkyl halides is 2. The molecule has 1 aliphatic carbocycles. The molecule has 12 heavy (non-hydrogen) atoms. The lowest BCUT2D eigenvalue weighted by molar-refractivity contribution is -0.0486. The normalized spacial score (nSPS) is 27.0. The minimum absolute atomic E-state index is 0.0731. The Morgan fingerprint density at radius 1 is 1.33 bits per heavy atom. The predicted octanol–water partition coefficient (Wildman–Crippen LogP) is 2.42. The van der Waals surface area contributed by atoms with E-state index in [0.29, 0.717) is 24.8 Å². The van der Waals surface area contributed by atoms with Crippen LogP contribution in [-0.4, -0.2) is 19.0 Å². The van der Waals surface area contributed by atoms with E-state index in [1.54, 1.807) is 0 Å². The molecule has 1 rings (SSSR count). The van der Waals surface area contributed by atoms with Gasteiger partial charge in [0.15, 0.2) is 0 Å². The number of rotatable bonds is 2. The van der Waals surface area contributed by atoms with Crippen LogP contribution in [0.3, 0.4) is 0 Å². The van der Waals surface area contributed by atoms with Crippen molar-refractivity contribution in [2.75, 3.05) is 7.05 Å². The lowest BCUT2D eigenvalue weighted by Crippen LogP contribution is -2.36.